The van der Waals surface area contributed by atoms with Crippen LogP contribution >= 0.6 is 15.9 Å². The maximum atomic E-state index is 13.2. The molecule has 0 bridgehead atoms. The van der Waals surface area contributed by atoms with Crippen molar-refractivity contribution in [3.05, 3.63) is 69.8 Å². The van der Waals surface area contributed by atoms with Crippen LogP contribution in [0.2, 0.25) is 0 Å². The number of hydrogen-bond acceptors (Lipinski definition) is 5. The van der Waals surface area contributed by atoms with Gasteiger partial charge in [-0.2, -0.15) is 26.7 Å². The Bertz CT molecular complexity index is 1510. The number of nitrogens with one attached hydrogen (secondary N) is 1. The largest absolute Gasteiger partial charge is 0.516 e. The van der Waals surface area contributed by atoms with Crippen LogP contribution in [0.1, 0.15) is 49.2 Å². The van der Waals surface area contributed by atoms with Crippen LogP contribution in [-0.4, -0.2) is 28.8 Å². The summed E-state index contributed by atoms with van der Waals surface area (Å²) in [5.41, 5.74) is -0.389. The molecule has 2 aromatic rings. The number of sulfonamides is 1. The summed E-state index contributed by atoms with van der Waals surface area (Å²) in [6, 6.07) is 7.69. The molecule has 0 saturated heterocycles. The molecule has 0 spiro atoms. The van der Waals surface area contributed by atoms with E-state index in [4.69, 9.17) is 9.52 Å². The monoisotopic (exact) mass is 613 g/mol. The van der Waals surface area contributed by atoms with Crippen LogP contribution in [0.3, 0.4) is 0 Å². The van der Waals surface area contributed by atoms with Gasteiger partial charge in [0.2, 0.25) is 0 Å². The van der Waals surface area contributed by atoms with Gasteiger partial charge in [0.05, 0.1) is 36.2 Å². The molecule has 2 N–H and O–H groups in total. The number of unbranched alkanes of at least 4 members (excludes halogenated alkanes) is 1. The van der Waals surface area contributed by atoms with E-state index in [0.29, 0.717) is 40.7 Å². The van der Waals surface area contributed by atoms with Crippen LogP contribution < -0.4 is 4.72 Å². The molecule has 2 heterocycles. The van der Waals surface area contributed by atoms with Gasteiger partial charge in [0, 0.05) is 39.7 Å². The Morgan fingerprint density at radius 3 is 2.50 bits per heavy atom. The van der Waals surface area contributed by atoms with Gasteiger partial charge in [-0.05, 0) is 52.0 Å². The van der Waals surface area contributed by atoms with E-state index in [2.05, 4.69) is 22.9 Å². The van der Waals surface area contributed by atoms with Crippen molar-refractivity contribution in [2.75, 3.05) is 4.72 Å². The first-order valence-corrected chi connectivity index (χ1v) is 14.3. The summed E-state index contributed by atoms with van der Waals surface area (Å²) < 4.78 is 73.1. The quantitative estimate of drug-likeness (QED) is 0.207. The van der Waals surface area contributed by atoms with E-state index in [1.54, 1.807) is 22.9 Å². The zero-order chi connectivity index (χ0) is 27.7. The molecule has 204 valence electrons. The average Bonchev–Trinajstić information content (AvgIpc) is 3.36. The lowest BCUT2D eigenvalue weighted by atomic mass is 9.94. The van der Waals surface area contributed by atoms with E-state index in [1.165, 1.54) is 24.7 Å². The van der Waals surface area contributed by atoms with Gasteiger partial charge >= 0.3 is 15.5 Å². The van der Waals surface area contributed by atoms with E-state index < -0.39 is 15.5 Å². The molecule has 0 unspecified atom stereocenters. The fraction of sp³-hybridized carbons (Fsp3) is 0.346. The third-order valence-corrected chi connectivity index (χ3v) is 8.35. The van der Waals surface area contributed by atoms with Crippen molar-refractivity contribution < 1.29 is 31.1 Å². The Morgan fingerprint density at radius 2 is 1.84 bits per heavy atom. The van der Waals surface area contributed by atoms with Crippen molar-refractivity contribution in [2.24, 2.45) is 0 Å². The number of aromatic nitrogens is 2. The highest BCUT2D eigenvalue weighted by Crippen LogP contribution is 2.49. The molecule has 0 radical (unpaired) electrons. The number of aryl methyl sites for hydroxylation is 2. The zero-order valence-corrected chi connectivity index (χ0v) is 23.2. The van der Waals surface area contributed by atoms with Gasteiger partial charge in [-0.1, -0.05) is 38.5 Å². The molecular formula is C26H27BrF3N3O4S. The molecule has 12 heteroatoms. The van der Waals surface area contributed by atoms with Gasteiger partial charge < -0.3 is 9.52 Å². The molecule has 7 nitrogen and oxygen atoms in total. The molecule has 0 fully saturated rings. The summed E-state index contributed by atoms with van der Waals surface area (Å²) in [6.45, 7) is 4.47. The van der Waals surface area contributed by atoms with E-state index in [1.807, 2.05) is 11.6 Å². The maximum Gasteiger partial charge on any atom is 0.516 e. The van der Waals surface area contributed by atoms with Gasteiger partial charge in [0.15, 0.2) is 0 Å². The zero-order valence-electron chi connectivity index (χ0n) is 20.8. The molecule has 1 aromatic carbocycles. The average molecular weight is 614 g/mol. The Morgan fingerprint density at radius 1 is 1.11 bits per heavy atom. The third kappa shape index (κ3) is 5.21. The predicted octanol–water partition coefficient (Wildman–Crippen LogP) is 6.72. The first kappa shape index (κ1) is 28.2. The molecule has 4 rings (SSSR count). The van der Waals surface area contributed by atoms with Crippen molar-refractivity contribution in [1.29, 1.82) is 0 Å². The normalized spacial score (nSPS) is 12.4. The van der Waals surface area contributed by atoms with E-state index in [0.717, 1.165) is 35.2 Å². The number of halogens is 4. The van der Waals surface area contributed by atoms with E-state index in [9.17, 15) is 26.7 Å². The van der Waals surface area contributed by atoms with Crippen LogP contribution in [0.15, 0.2) is 51.7 Å². The maximum absolute atomic E-state index is 13.2. The summed E-state index contributed by atoms with van der Waals surface area (Å²) in [6.07, 6.45) is 5.80. The number of aliphatic hydroxyl groups is 1. The second-order valence-corrected chi connectivity index (χ2v) is 11.3. The van der Waals surface area contributed by atoms with Crippen LogP contribution in [-0.2, 0) is 36.0 Å². The van der Waals surface area contributed by atoms with E-state index in [-0.39, 0.29) is 17.9 Å². The van der Waals surface area contributed by atoms with Gasteiger partial charge in [0.25, 0.3) is 0 Å². The number of nitrogens with zero attached hydrogens (tertiary/aromatic N) is 2. The van der Waals surface area contributed by atoms with Crippen molar-refractivity contribution in [2.45, 2.75) is 58.2 Å². The van der Waals surface area contributed by atoms with Crippen molar-refractivity contribution in [1.82, 2.24) is 9.78 Å². The van der Waals surface area contributed by atoms with Crippen LogP contribution in [0.5, 0.6) is 0 Å². The second-order valence-electron chi connectivity index (χ2n) is 8.79. The first-order chi connectivity index (χ1) is 18.0. The summed E-state index contributed by atoms with van der Waals surface area (Å²) in [7, 11) is -5.65. The highest BCUT2D eigenvalue weighted by Gasteiger charge is 2.46. The number of aliphatic hydroxyl groups excluding tert-OH is 1. The summed E-state index contributed by atoms with van der Waals surface area (Å²) in [5, 5.41) is 15.0. The van der Waals surface area contributed by atoms with Crippen LogP contribution in [0, 0.1) is 0 Å². The summed E-state index contributed by atoms with van der Waals surface area (Å²) in [4.78, 5) is 0. The lowest BCUT2D eigenvalue weighted by Crippen LogP contribution is -2.30. The fourth-order valence-electron chi connectivity index (χ4n) is 4.58. The highest BCUT2D eigenvalue weighted by molar-refractivity contribution is 9.10. The van der Waals surface area contributed by atoms with Crippen LogP contribution in [0.25, 0.3) is 22.3 Å². The van der Waals surface area contributed by atoms with Gasteiger partial charge in [-0.25, -0.2) is 0 Å². The lowest BCUT2D eigenvalue weighted by Gasteiger charge is -2.16. The molecule has 1 aliphatic carbocycles. The van der Waals surface area contributed by atoms with Gasteiger partial charge in [-0.15, -0.1) is 0 Å². The lowest BCUT2D eigenvalue weighted by molar-refractivity contribution is -0.0429. The number of fused-ring (bicyclic) bond motifs is 1. The number of hydrogen-bond donors (Lipinski definition) is 2. The number of benzene rings is 1. The smallest absolute Gasteiger partial charge is 0.472 e. The predicted molar refractivity (Wildman–Crippen MR) is 142 cm³/mol. The third-order valence-electron chi connectivity index (χ3n) is 6.43. The topological polar surface area (TPSA) is 97.4 Å². The Balaban J connectivity index is 1.93. The Labute approximate surface area is 227 Å². The molecule has 1 aliphatic heterocycles. The standard InChI is InChI=1S/C26H27BrF3N3O4S/c1-3-5-11-33-23(14-34)19(21(4-2)31-33)13-18-16-10-12-37-15-20(16)25(27)24(18)17-8-6-7-9-22(17)32-38(35,36)26(28,29)30/h6-10,12,15,32,34H,3-5,11,13-14H2,1-2H3. The molecule has 2 aliphatic rings. The van der Waals surface area contributed by atoms with Crippen molar-refractivity contribution in [3.63, 3.8) is 0 Å². The summed E-state index contributed by atoms with van der Waals surface area (Å²) >= 11 is 3.59. The van der Waals surface area contributed by atoms with Gasteiger partial charge in [0.1, 0.15) is 0 Å². The number of alkyl halides is 3. The number of anilines is 1. The Hall–Kier alpha value is -2.83. The minimum atomic E-state index is -5.65. The minimum absolute atomic E-state index is 0.212. The first-order valence-electron chi connectivity index (χ1n) is 12.1. The van der Waals surface area contributed by atoms with Crippen molar-refractivity contribution in [3.8, 4) is 22.3 Å². The second kappa shape index (κ2) is 11.1. The number of rotatable bonds is 10. The minimum Gasteiger partial charge on any atom is -0.472 e. The highest BCUT2D eigenvalue weighted by atomic mass is 79.9. The molecule has 0 atom stereocenters. The van der Waals surface area contributed by atoms with Crippen LogP contribution in [0.4, 0.5) is 18.9 Å². The number of para-hydroxylation sites is 1. The van der Waals surface area contributed by atoms with Gasteiger partial charge in [-0.3, -0.25) is 9.40 Å². The Kier molecular flexibility index (Phi) is 8.24. The molecule has 0 amide bonds. The van der Waals surface area contributed by atoms with Crippen molar-refractivity contribution >= 4 is 31.6 Å². The summed E-state index contributed by atoms with van der Waals surface area (Å²) in [5.74, 6) is 0. The molecule has 1 aromatic heterocycles. The molecular weight excluding hydrogens is 587 g/mol. The molecule has 0 saturated carbocycles. The molecule has 38 heavy (non-hydrogen) atoms. The van der Waals surface area contributed by atoms with E-state index >= 15 is 0 Å². The fourth-order valence-corrected chi connectivity index (χ4v) is 5.93. The SMILES string of the molecule is CCCCn1nc(CC)c(Cc2c3ccocc-3c(Br)c2-c2ccccc2NS(=O)(=O)C(F)(F)F)c1CO.